The van der Waals surface area contributed by atoms with E-state index in [9.17, 15) is 9.59 Å². The Morgan fingerprint density at radius 3 is 2.50 bits per heavy atom. The predicted octanol–water partition coefficient (Wildman–Crippen LogP) is 8.24. The number of amides is 1. The molecule has 0 aromatic heterocycles. The van der Waals surface area contributed by atoms with Crippen molar-refractivity contribution in [1.29, 1.82) is 0 Å². The number of hydrogen-bond donors (Lipinski definition) is 0. The Balaban J connectivity index is 1.63. The summed E-state index contributed by atoms with van der Waals surface area (Å²) in [6, 6.07) is 16.8. The number of carbonyl (C=O) groups is 2. The van der Waals surface area contributed by atoms with E-state index >= 15 is 0 Å². The van der Waals surface area contributed by atoms with Crippen LogP contribution in [0.2, 0.25) is 10.0 Å². The molecule has 0 aliphatic carbocycles. The number of esters is 1. The van der Waals surface area contributed by atoms with E-state index in [2.05, 4.69) is 15.9 Å². The zero-order valence-corrected chi connectivity index (χ0v) is 26.2. The molecule has 1 aliphatic rings. The van der Waals surface area contributed by atoms with Crippen molar-refractivity contribution >= 4 is 85.4 Å². The van der Waals surface area contributed by atoms with Crippen LogP contribution in [0.15, 0.2) is 70.0 Å². The summed E-state index contributed by atoms with van der Waals surface area (Å²) in [6.07, 6.45) is 1.71. The highest BCUT2D eigenvalue weighted by atomic mass is 79.9. The van der Waals surface area contributed by atoms with Gasteiger partial charge in [-0.15, -0.1) is 0 Å². The topological polar surface area (TPSA) is 65.1 Å². The first-order chi connectivity index (χ1) is 19.2. The van der Waals surface area contributed by atoms with E-state index < -0.39 is 12.0 Å². The molecule has 0 saturated carbocycles. The van der Waals surface area contributed by atoms with Crippen LogP contribution in [0.5, 0.6) is 11.5 Å². The third kappa shape index (κ3) is 7.01. The van der Waals surface area contributed by atoms with Crippen LogP contribution in [0.4, 0.5) is 0 Å². The first-order valence-corrected chi connectivity index (χ1v) is 15.0. The van der Waals surface area contributed by atoms with E-state index in [0.717, 1.165) is 17.3 Å². The molecular weight excluding hydrogens is 657 g/mol. The molecule has 0 bridgehead atoms. The molecule has 208 valence electrons. The summed E-state index contributed by atoms with van der Waals surface area (Å²) < 4.78 is 18.1. The Bertz CT molecular complexity index is 1470. The van der Waals surface area contributed by atoms with Crippen molar-refractivity contribution in [2.45, 2.75) is 26.5 Å². The molecule has 0 spiro atoms. The van der Waals surface area contributed by atoms with Crippen LogP contribution >= 0.6 is 63.1 Å². The lowest BCUT2D eigenvalue weighted by molar-refractivity contribution is -0.151. The summed E-state index contributed by atoms with van der Waals surface area (Å²) >= 11 is 22.5. The van der Waals surface area contributed by atoms with E-state index in [1.807, 2.05) is 19.1 Å². The Morgan fingerprint density at radius 2 is 1.82 bits per heavy atom. The first-order valence-electron chi connectivity index (χ1n) is 12.2. The Kier molecular flexibility index (Phi) is 10.5. The van der Waals surface area contributed by atoms with Gasteiger partial charge in [-0.1, -0.05) is 83.6 Å². The minimum absolute atomic E-state index is 0.180. The fourth-order valence-electron chi connectivity index (χ4n) is 3.96. The molecule has 1 saturated heterocycles. The maximum Gasteiger partial charge on any atom is 0.333 e. The van der Waals surface area contributed by atoms with Crippen LogP contribution in [-0.2, 0) is 20.9 Å². The second-order valence-electron chi connectivity index (χ2n) is 8.40. The number of ether oxygens (including phenoxy) is 3. The van der Waals surface area contributed by atoms with Gasteiger partial charge in [0.25, 0.3) is 5.91 Å². The van der Waals surface area contributed by atoms with E-state index in [0.29, 0.717) is 48.7 Å². The lowest BCUT2D eigenvalue weighted by Gasteiger charge is -2.25. The fraction of sp³-hybridized carbons (Fsp3) is 0.207. The number of halogens is 3. The van der Waals surface area contributed by atoms with Gasteiger partial charge in [0.2, 0.25) is 0 Å². The molecular formula is C29H24BrCl2NO5S2. The lowest BCUT2D eigenvalue weighted by atomic mass is 10.1. The van der Waals surface area contributed by atoms with Crippen LogP contribution in [-0.4, -0.2) is 34.3 Å². The third-order valence-electron chi connectivity index (χ3n) is 5.72. The number of thiocarbonyl (C=S) groups is 1. The standard InChI is InChI=1S/C29H24BrCl2NO5S2/c1-3-36-23-13-17(12-21(30)26(23)38-16-19-10-11-20(31)15-22(19)32)14-24-27(34)33(29(39)40-24)25(28(35)37-4-2)18-8-6-5-7-9-18/h5-15,25H,3-4,16H2,1-2H3/b24-14-. The van der Waals surface area contributed by atoms with Gasteiger partial charge in [-0.05, 0) is 71.2 Å². The zero-order chi connectivity index (χ0) is 28.8. The summed E-state index contributed by atoms with van der Waals surface area (Å²) in [4.78, 5) is 28.2. The normalized spacial score (nSPS) is 14.9. The summed E-state index contributed by atoms with van der Waals surface area (Å²) in [5.41, 5.74) is 2.06. The molecule has 0 N–H and O–H groups in total. The van der Waals surface area contributed by atoms with Crippen molar-refractivity contribution in [1.82, 2.24) is 4.90 Å². The minimum Gasteiger partial charge on any atom is -0.490 e. The Morgan fingerprint density at radius 1 is 1.07 bits per heavy atom. The first kappa shape index (κ1) is 30.4. The van der Waals surface area contributed by atoms with Gasteiger partial charge in [0.05, 0.1) is 22.6 Å². The van der Waals surface area contributed by atoms with Crippen LogP contribution in [0.3, 0.4) is 0 Å². The van der Waals surface area contributed by atoms with Gasteiger partial charge in [-0.2, -0.15) is 0 Å². The largest absolute Gasteiger partial charge is 0.490 e. The number of nitrogens with zero attached hydrogens (tertiary/aromatic N) is 1. The van der Waals surface area contributed by atoms with Crippen molar-refractivity contribution in [3.8, 4) is 11.5 Å². The maximum absolute atomic E-state index is 13.6. The minimum atomic E-state index is -0.985. The van der Waals surface area contributed by atoms with Gasteiger partial charge in [0.15, 0.2) is 17.5 Å². The summed E-state index contributed by atoms with van der Waals surface area (Å²) in [6.45, 7) is 4.36. The van der Waals surface area contributed by atoms with Crippen LogP contribution < -0.4 is 9.47 Å². The predicted molar refractivity (Wildman–Crippen MR) is 167 cm³/mol. The maximum atomic E-state index is 13.6. The molecule has 6 nitrogen and oxygen atoms in total. The summed E-state index contributed by atoms with van der Waals surface area (Å²) in [7, 11) is 0. The van der Waals surface area contributed by atoms with E-state index in [1.54, 1.807) is 61.5 Å². The number of carbonyl (C=O) groups excluding carboxylic acids is 2. The van der Waals surface area contributed by atoms with Gasteiger partial charge < -0.3 is 14.2 Å². The molecule has 1 fully saturated rings. The average molecular weight is 681 g/mol. The molecule has 1 amide bonds. The Hall–Kier alpha value is -2.56. The van der Waals surface area contributed by atoms with Crippen LogP contribution in [0, 0.1) is 0 Å². The highest BCUT2D eigenvalue weighted by Gasteiger charge is 2.42. The third-order valence-corrected chi connectivity index (χ3v) is 8.23. The van der Waals surface area contributed by atoms with Crippen molar-refractivity contribution in [3.63, 3.8) is 0 Å². The lowest BCUT2D eigenvalue weighted by Crippen LogP contribution is -2.38. The number of rotatable bonds is 10. The highest BCUT2D eigenvalue weighted by molar-refractivity contribution is 9.10. The van der Waals surface area contributed by atoms with E-state index in [4.69, 9.17) is 49.6 Å². The number of thioether (sulfide) groups is 1. The number of benzene rings is 3. The second-order valence-corrected chi connectivity index (χ2v) is 11.8. The molecule has 1 unspecified atom stereocenters. The molecule has 3 aromatic carbocycles. The zero-order valence-electron chi connectivity index (χ0n) is 21.5. The molecule has 11 heteroatoms. The van der Waals surface area contributed by atoms with Crippen molar-refractivity contribution in [2.24, 2.45) is 0 Å². The van der Waals surface area contributed by atoms with Gasteiger partial charge in [0, 0.05) is 15.6 Å². The van der Waals surface area contributed by atoms with Gasteiger partial charge in [-0.25, -0.2) is 4.79 Å². The molecule has 0 radical (unpaired) electrons. The molecule has 4 rings (SSSR count). The molecule has 40 heavy (non-hydrogen) atoms. The second kappa shape index (κ2) is 13.9. The van der Waals surface area contributed by atoms with E-state index in [-0.39, 0.29) is 23.4 Å². The molecule has 1 aliphatic heterocycles. The molecule has 1 heterocycles. The van der Waals surface area contributed by atoms with Crippen molar-refractivity contribution in [3.05, 3.63) is 96.8 Å². The van der Waals surface area contributed by atoms with Gasteiger partial charge in [0.1, 0.15) is 10.9 Å². The molecule has 1 atom stereocenters. The quantitative estimate of drug-likeness (QED) is 0.121. The summed E-state index contributed by atoms with van der Waals surface area (Å²) in [5, 5.41) is 1.04. The van der Waals surface area contributed by atoms with Crippen molar-refractivity contribution in [2.75, 3.05) is 13.2 Å². The SMILES string of the molecule is CCOC(=O)C(c1ccccc1)N1C(=O)/C(=C/c2cc(Br)c(OCc3ccc(Cl)cc3Cl)c(OCC)c2)SC1=S. The van der Waals surface area contributed by atoms with E-state index in [1.165, 1.54) is 4.90 Å². The smallest absolute Gasteiger partial charge is 0.333 e. The Labute approximate surface area is 260 Å². The fourth-order valence-corrected chi connectivity index (χ4v) is 6.31. The van der Waals surface area contributed by atoms with Crippen LogP contribution in [0.25, 0.3) is 6.08 Å². The van der Waals surface area contributed by atoms with Crippen LogP contribution in [0.1, 0.15) is 36.6 Å². The van der Waals surface area contributed by atoms with Crippen molar-refractivity contribution < 1.29 is 23.8 Å². The average Bonchev–Trinajstić information content (AvgIpc) is 3.18. The monoisotopic (exact) mass is 679 g/mol. The van der Waals surface area contributed by atoms with Gasteiger partial charge >= 0.3 is 5.97 Å². The van der Waals surface area contributed by atoms with Gasteiger partial charge in [-0.3, -0.25) is 9.69 Å². The highest BCUT2D eigenvalue weighted by Crippen LogP contribution is 2.42. The summed E-state index contributed by atoms with van der Waals surface area (Å²) in [5.74, 6) is 0.0417. The molecule has 3 aromatic rings. The number of hydrogen-bond acceptors (Lipinski definition) is 7.